The molecule has 9 heteroatoms. The molecule has 8 nitrogen and oxygen atoms in total. The Kier molecular flexibility index (Phi) is 39.0. The first-order valence-electron chi connectivity index (χ1n) is 23.1. The normalized spacial score (nSPS) is 15.2. The number of hydrogen-bond acceptors (Lipinski definition) is 5. The van der Waals surface area contributed by atoms with Gasteiger partial charge >= 0.3 is 7.82 Å². The minimum atomic E-state index is -4.37. The molecular weight excluding hydrogens is 756 g/mol. The Morgan fingerprint density at radius 1 is 0.593 bits per heavy atom. The van der Waals surface area contributed by atoms with Gasteiger partial charge in [-0.05, 0) is 89.9 Å². The third kappa shape index (κ3) is 43.3. The minimum Gasteiger partial charge on any atom is -0.387 e. The second-order valence-corrected chi connectivity index (χ2v) is 17.8. The zero-order valence-electron chi connectivity index (χ0n) is 38.2. The summed E-state index contributed by atoms with van der Waals surface area (Å²) in [4.78, 5) is 23.1. The van der Waals surface area contributed by atoms with Crippen LogP contribution in [-0.2, 0) is 18.4 Å². The quantitative estimate of drug-likeness (QED) is 0.0246. The number of aliphatic hydroxyl groups excluding tert-OH is 1. The van der Waals surface area contributed by atoms with E-state index in [2.05, 4.69) is 104 Å². The molecule has 0 aliphatic heterocycles. The van der Waals surface area contributed by atoms with Gasteiger partial charge in [0.1, 0.15) is 13.2 Å². The molecule has 3 N–H and O–H groups in total. The summed E-state index contributed by atoms with van der Waals surface area (Å²) in [5, 5.41) is 13.8. The molecule has 3 unspecified atom stereocenters. The van der Waals surface area contributed by atoms with Crippen LogP contribution in [0.25, 0.3) is 0 Å². The molecule has 0 spiro atoms. The minimum absolute atomic E-state index is 0.0412. The van der Waals surface area contributed by atoms with E-state index in [-0.39, 0.29) is 19.1 Å². The van der Waals surface area contributed by atoms with Gasteiger partial charge in [0, 0.05) is 6.42 Å². The molecule has 0 radical (unpaired) electrons. The molecule has 3 atom stereocenters. The largest absolute Gasteiger partial charge is 0.472 e. The summed E-state index contributed by atoms with van der Waals surface area (Å²) in [5.74, 6) is -0.227. The van der Waals surface area contributed by atoms with Crippen molar-refractivity contribution < 1.29 is 32.9 Å². The van der Waals surface area contributed by atoms with Gasteiger partial charge in [-0.2, -0.15) is 0 Å². The van der Waals surface area contributed by atoms with Crippen LogP contribution >= 0.6 is 7.82 Å². The number of amides is 1. The molecule has 0 aliphatic carbocycles. The Hall–Kier alpha value is -2.58. The second kappa shape index (κ2) is 40.8. The van der Waals surface area contributed by atoms with Crippen LogP contribution in [0.1, 0.15) is 162 Å². The lowest BCUT2D eigenvalue weighted by Gasteiger charge is -2.25. The van der Waals surface area contributed by atoms with Crippen LogP contribution in [0.2, 0.25) is 0 Å². The summed E-state index contributed by atoms with van der Waals surface area (Å²) in [6, 6.07) is -0.893. The first-order valence-corrected chi connectivity index (χ1v) is 24.6. The van der Waals surface area contributed by atoms with Gasteiger partial charge in [0.2, 0.25) is 5.91 Å². The third-order valence-electron chi connectivity index (χ3n) is 9.52. The molecule has 0 saturated heterocycles. The predicted molar refractivity (Wildman–Crippen MR) is 253 cm³/mol. The van der Waals surface area contributed by atoms with E-state index in [1.54, 1.807) is 6.08 Å². The van der Waals surface area contributed by atoms with Crippen molar-refractivity contribution in [1.82, 2.24) is 5.32 Å². The van der Waals surface area contributed by atoms with E-state index < -0.39 is 20.0 Å². The molecule has 1 amide bonds. The maximum atomic E-state index is 12.9. The van der Waals surface area contributed by atoms with Gasteiger partial charge < -0.3 is 19.8 Å². The molecule has 0 rings (SSSR count). The fraction of sp³-hybridized carbons (Fsp3) is 0.660. The number of phosphoric ester groups is 1. The zero-order chi connectivity index (χ0) is 43.6. The second-order valence-electron chi connectivity index (χ2n) is 16.4. The van der Waals surface area contributed by atoms with Crippen molar-refractivity contribution in [2.75, 3.05) is 40.9 Å². The third-order valence-corrected chi connectivity index (χ3v) is 10.5. The van der Waals surface area contributed by atoms with Crippen molar-refractivity contribution >= 4 is 13.7 Å². The van der Waals surface area contributed by atoms with Crippen molar-refractivity contribution in [3.63, 3.8) is 0 Å². The van der Waals surface area contributed by atoms with Gasteiger partial charge in [0.05, 0.1) is 39.9 Å². The van der Waals surface area contributed by atoms with Crippen LogP contribution in [0.15, 0.2) is 97.2 Å². The van der Waals surface area contributed by atoms with Gasteiger partial charge in [-0.25, -0.2) is 4.57 Å². The summed E-state index contributed by atoms with van der Waals surface area (Å²) in [6.45, 7) is 4.61. The van der Waals surface area contributed by atoms with Gasteiger partial charge in [-0.1, -0.05) is 162 Å². The molecule has 0 bridgehead atoms. The molecule has 0 aromatic heterocycles. The van der Waals surface area contributed by atoms with Crippen molar-refractivity contribution in [2.24, 2.45) is 0 Å². The van der Waals surface area contributed by atoms with Crippen LogP contribution in [0.5, 0.6) is 0 Å². The number of nitrogens with one attached hydrogen (secondary N) is 1. The molecule has 0 aliphatic rings. The molecule has 0 saturated carbocycles. The average molecular weight is 844 g/mol. The highest BCUT2D eigenvalue weighted by molar-refractivity contribution is 7.47. The lowest BCUT2D eigenvalue weighted by Crippen LogP contribution is -2.45. The Morgan fingerprint density at radius 3 is 1.56 bits per heavy atom. The zero-order valence-corrected chi connectivity index (χ0v) is 39.1. The van der Waals surface area contributed by atoms with Crippen molar-refractivity contribution in [2.45, 2.75) is 174 Å². The average Bonchev–Trinajstić information content (AvgIpc) is 3.19. The lowest BCUT2D eigenvalue weighted by molar-refractivity contribution is -0.870. The summed E-state index contributed by atoms with van der Waals surface area (Å²) in [6.07, 6.45) is 57.7. The van der Waals surface area contributed by atoms with Crippen molar-refractivity contribution in [3.05, 3.63) is 97.2 Å². The summed E-state index contributed by atoms with van der Waals surface area (Å²) in [7, 11) is 1.50. The van der Waals surface area contributed by atoms with Crippen LogP contribution in [0.3, 0.4) is 0 Å². The number of likely N-dealkylation sites (N-methyl/N-ethyl adjacent to an activating group) is 1. The van der Waals surface area contributed by atoms with Crippen LogP contribution in [0.4, 0.5) is 0 Å². The molecule has 0 aromatic rings. The summed E-state index contributed by atoms with van der Waals surface area (Å²) in [5.41, 5.74) is 0. The molecule has 0 heterocycles. The number of hydrogen-bond donors (Lipinski definition) is 3. The van der Waals surface area contributed by atoms with Gasteiger partial charge in [-0.15, -0.1) is 0 Å². The molecule has 0 fully saturated rings. The van der Waals surface area contributed by atoms with E-state index in [0.717, 1.165) is 77.0 Å². The maximum absolute atomic E-state index is 12.9. The van der Waals surface area contributed by atoms with Gasteiger partial charge in [-0.3, -0.25) is 13.8 Å². The smallest absolute Gasteiger partial charge is 0.387 e. The summed E-state index contributed by atoms with van der Waals surface area (Å²) < 4.78 is 23.5. The number of carbonyl (C=O) groups is 1. The predicted octanol–water partition coefficient (Wildman–Crippen LogP) is 13.1. The molecule has 59 heavy (non-hydrogen) atoms. The van der Waals surface area contributed by atoms with Crippen molar-refractivity contribution in [1.29, 1.82) is 0 Å². The van der Waals surface area contributed by atoms with E-state index in [1.165, 1.54) is 57.8 Å². The number of aliphatic hydroxyl groups is 1. The fourth-order valence-corrected chi connectivity index (χ4v) is 6.60. The highest BCUT2D eigenvalue weighted by atomic mass is 31.2. The van der Waals surface area contributed by atoms with E-state index in [0.29, 0.717) is 23.9 Å². The molecular formula is C50H88N2O6P+. The van der Waals surface area contributed by atoms with E-state index in [1.807, 2.05) is 27.2 Å². The van der Waals surface area contributed by atoms with Gasteiger partial charge in [0.25, 0.3) is 0 Å². The Bertz CT molecular complexity index is 1280. The Morgan fingerprint density at radius 2 is 1.03 bits per heavy atom. The van der Waals surface area contributed by atoms with Crippen LogP contribution in [0, 0.1) is 0 Å². The highest BCUT2D eigenvalue weighted by Crippen LogP contribution is 2.43. The number of carbonyl (C=O) groups excluding carboxylic acids is 1. The first kappa shape index (κ1) is 56.4. The van der Waals surface area contributed by atoms with Crippen molar-refractivity contribution in [3.8, 4) is 0 Å². The number of phosphoric acid groups is 1. The topological polar surface area (TPSA) is 105 Å². The standard InChI is InChI=1S/C50H87N2O6P/c1-6-8-10-12-14-16-18-20-22-24-26-28-30-32-34-36-38-40-42-44-50(54)51-48(47-58-59(55,56)57-46-45-52(3,4)5)49(53)43-41-39-37-35-33-31-29-27-25-23-21-19-17-15-13-11-9-7-2/h8,10,14,16,20,22,25-28,32-35,41,43,48-49,53H,6-7,9,11-13,15,17-19,21,23-24,29-31,36-40,42,44-47H2,1-5H3,(H-,51,54,55,56)/p+1/b10-8-,16-14-,22-20-,27-25+,28-26-,34-32-,35-33+,43-41+. The highest BCUT2D eigenvalue weighted by Gasteiger charge is 2.27. The lowest BCUT2D eigenvalue weighted by atomic mass is 10.1. The maximum Gasteiger partial charge on any atom is 0.472 e. The number of allylic oxidation sites excluding steroid dienone is 15. The molecule has 338 valence electrons. The number of unbranched alkanes of at least 4 members (excludes halogenated alkanes) is 13. The Balaban J connectivity index is 4.58. The first-order chi connectivity index (χ1) is 28.5. The van der Waals surface area contributed by atoms with Gasteiger partial charge in [0.15, 0.2) is 0 Å². The number of nitrogens with zero attached hydrogens (tertiary/aromatic N) is 1. The monoisotopic (exact) mass is 844 g/mol. The fourth-order valence-electron chi connectivity index (χ4n) is 5.86. The number of rotatable bonds is 40. The SMILES string of the molecule is CC/C=C\C/C=C\C/C=C\C/C=C\C/C=C\CCCCCC(=O)NC(COP(=O)(O)OCC[N+](C)(C)C)C(O)/C=C/CC/C=C/CC/C=C/CCCCCCCCCC. The van der Waals surface area contributed by atoms with Crippen LogP contribution < -0.4 is 5.32 Å². The molecule has 0 aromatic carbocycles. The van der Waals surface area contributed by atoms with E-state index >= 15 is 0 Å². The van der Waals surface area contributed by atoms with E-state index in [9.17, 15) is 19.4 Å². The Labute approximate surface area is 362 Å². The van der Waals surface area contributed by atoms with E-state index in [4.69, 9.17) is 9.05 Å². The number of quaternary nitrogens is 1. The summed E-state index contributed by atoms with van der Waals surface area (Å²) >= 11 is 0. The van der Waals surface area contributed by atoms with Crippen LogP contribution in [-0.4, -0.2) is 73.4 Å².